The number of piperidine rings is 1. The van der Waals surface area contributed by atoms with Crippen molar-refractivity contribution in [2.75, 3.05) is 18.4 Å². The molecule has 3 heterocycles. The van der Waals surface area contributed by atoms with Crippen molar-refractivity contribution in [2.24, 2.45) is 5.73 Å². The van der Waals surface area contributed by atoms with E-state index in [0.29, 0.717) is 18.5 Å². The monoisotopic (exact) mass is 457 g/mol. The lowest BCUT2D eigenvalue weighted by Gasteiger charge is -2.36. The van der Waals surface area contributed by atoms with Crippen LogP contribution in [0.3, 0.4) is 0 Å². The molecule has 0 saturated carbocycles. The maximum atomic E-state index is 13.3. The molecule has 0 atom stereocenters. The number of rotatable bonds is 5. The third-order valence-corrected chi connectivity index (χ3v) is 4.64. The summed E-state index contributed by atoms with van der Waals surface area (Å²) in [5.41, 5.74) is 5.56. The highest BCUT2D eigenvalue weighted by Gasteiger charge is 2.38. The number of carbonyl (C=O) groups is 2. The van der Waals surface area contributed by atoms with E-state index in [-0.39, 0.29) is 17.8 Å². The van der Waals surface area contributed by atoms with E-state index in [4.69, 9.17) is 15.6 Å². The highest BCUT2D eigenvalue weighted by molar-refractivity contribution is 5.98. The van der Waals surface area contributed by atoms with Gasteiger partial charge in [-0.1, -0.05) is 0 Å². The Labute approximate surface area is 179 Å². The first-order chi connectivity index (χ1) is 15.0. The van der Waals surface area contributed by atoms with E-state index in [1.165, 1.54) is 12.3 Å². The SMILES string of the molecule is N#CCC1(n2cc(C(N)=O)c(Nc3ccnc(F)c3)n2)CCNCC1.O=C(O)C(F)(F)F. The predicted octanol–water partition coefficient (Wildman–Crippen LogP) is 1.89. The molecule has 0 bridgehead atoms. The molecule has 1 fully saturated rings. The van der Waals surface area contributed by atoms with Crippen LogP contribution in [0.15, 0.2) is 24.5 Å². The van der Waals surface area contributed by atoms with Gasteiger partial charge in [0.2, 0.25) is 5.95 Å². The van der Waals surface area contributed by atoms with Gasteiger partial charge >= 0.3 is 12.1 Å². The number of nitriles is 1. The first-order valence-electron chi connectivity index (χ1n) is 9.15. The molecule has 5 N–H and O–H groups in total. The van der Waals surface area contributed by atoms with Crippen LogP contribution in [0.2, 0.25) is 0 Å². The third-order valence-electron chi connectivity index (χ3n) is 4.64. The average molecular weight is 457 g/mol. The summed E-state index contributed by atoms with van der Waals surface area (Å²) in [7, 11) is 0. The summed E-state index contributed by atoms with van der Waals surface area (Å²) in [6.07, 6.45) is -0.515. The molecule has 32 heavy (non-hydrogen) atoms. The van der Waals surface area contributed by atoms with Gasteiger partial charge in [-0.15, -0.1) is 0 Å². The number of amides is 1. The largest absolute Gasteiger partial charge is 0.490 e. The Morgan fingerprint density at radius 3 is 2.50 bits per heavy atom. The zero-order valence-electron chi connectivity index (χ0n) is 16.5. The van der Waals surface area contributed by atoms with E-state index >= 15 is 0 Å². The standard InChI is InChI=1S/C16H18FN7O.C2HF3O2/c17-13-9-11(1-6-21-13)22-15-12(14(19)25)10-24(23-15)16(2-5-18)3-7-20-8-4-16;3-2(4,5)1(6)7/h1,6,9-10,20H,2-4,7-8H2,(H2,19,25)(H,21,22,23);(H,6,7). The molecule has 3 rings (SSSR count). The molecule has 0 radical (unpaired) electrons. The van der Waals surface area contributed by atoms with Gasteiger partial charge in [0.15, 0.2) is 5.82 Å². The van der Waals surface area contributed by atoms with Gasteiger partial charge in [0.1, 0.15) is 5.56 Å². The maximum absolute atomic E-state index is 13.3. The number of aromatic nitrogens is 3. The Kier molecular flexibility index (Phi) is 7.71. The number of nitrogens with two attached hydrogens (primary N) is 1. The summed E-state index contributed by atoms with van der Waals surface area (Å²) in [6.45, 7) is 1.51. The molecule has 172 valence electrons. The molecule has 0 unspecified atom stereocenters. The van der Waals surface area contributed by atoms with Crippen molar-refractivity contribution in [3.63, 3.8) is 0 Å². The summed E-state index contributed by atoms with van der Waals surface area (Å²) in [5, 5.41) is 27.0. The molecule has 0 spiro atoms. The van der Waals surface area contributed by atoms with Gasteiger partial charge in [0.05, 0.1) is 18.0 Å². The first kappa shape index (κ1) is 24.5. The van der Waals surface area contributed by atoms with Gasteiger partial charge < -0.3 is 21.5 Å². The van der Waals surface area contributed by atoms with Crippen molar-refractivity contribution in [1.29, 1.82) is 5.26 Å². The fourth-order valence-corrected chi connectivity index (χ4v) is 3.03. The van der Waals surface area contributed by atoms with E-state index in [9.17, 15) is 27.6 Å². The molecular formula is C18H19F4N7O3. The number of halogens is 4. The number of carbonyl (C=O) groups excluding carboxylic acids is 1. The quantitative estimate of drug-likeness (QED) is 0.391. The number of nitrogens with zero attached hydrogens (tertiary/aromatic N) is 4. The van der Waals surface area contributed by atoms with Crippen molar-refractivity contribution < 1.29 is 32.3 Å². The van der Waals surface area contributed by atoms with Crippen LogP contribution >= 0.6 is 0 Å². The molecule has 2 aromatic rings. The highest BCUT2D eigenvalue weighted by Crippen LogP contribution is 2.32. The lowest BCUT2D eigenvalue weighted by Crippen LogP contribution is -2.44. The molecule has 1 aliphatic rings. The van der Waals surface area contributed by atoms with Crippen LogP contribution in [0.5, 0.6) is 0 Å². The summed E-state index contributed by atoms with van der Waals surface area (Å²) < 4.78 is 46.7. The number of nitrogens with one attached hydrogen (secondary N) is 2. The molecule has 10 nitrogen and oxygen atoms in total. The summed E-state index contributed by atoms with van der Waals surface area (Å²) in [5.74, 6) is -3.82. The average Bonchev–Trinajstić information content (AvgIpc) is 3.13. The maximum Gasteiger partial charge on any atom is 0.490 e. The molecule has 1 aliphatic heterocycles. The molecule has 2 aromatic heterocycles. The Hall–Kier alpha value is -3.73. The number of carboxylic acids is 1. The van der Waals surface area contributed by atoms with Crippen molar-refractivity contribution in [3.8, 4) is 6.07 Å². The van der Waals surface area contributed by atoms with Crippen LogP contribution in [-0.4, -0.2) is 51.0 Å². The molecule has 0 aromatic carbocycles. The van der Waals surface area contributed by atoms with Crippen LogP contribution in [0.4, 0.5) is 29.1 Å². The minimum absolute atomic E-state index is 0.188. The van der Waals surface area contributed by atoms with Crippen molar-refractivity contribution in [3.05, 3.63) is 36.0 Å². The predicted molar refractivity (Wildman–Crippen MR) is 102 cm³/mol. The highest BCUT2D eigenvalue weighted by atomic mass is 19.4. The van der Waals surface area contributed by atoms with Gasteiger partial charge in [-0.3, -0.25) is 9.48 Å². The number of pyridine rings is 1. The second-order valence-corrected chi connectivity index (χ2v) is 6.80. The molecule has 14 heteroatoms. The topological polar surface area (TPSA) is 159 Å². The fraction of sp³-hybridized carbons (Fsp3) is 0.389. The van der Waals surface area contributed by atoms with Crippen LogP contribution in [0.25, 0.3) is 0 Å². The molecule has 1 amide bonds. The first-order valence-corrected chi connectivity index (χ1v) is 9.15. The Balaban J connectivity index is 0.000000451. The zero-order chi connectivity index (χ0) is 23.9. The van der Waals surface area contributed by atoms with E-state index in [1.54, 1.807) is 16.9 Å². The number of primary amides is 1. The van der Waals surface area contributed by atoms with Gasteiger partial charge in [-0.2, -0.15) is 27.9 Å². The Morgan fingerprint density at radius 2 is 2.00 bits per heavy atom. The second-order valence-electron chi connectivity index (χ2n) is 6.80. The summed E-state index contributed by atoms with van der Waals surface area (Å²) >= 11 is 0. The van der Waals surface area contributed by atoms with Crippen molar-refractivity contribution in [2.45, 2.75) is 31.0 Å². The molecule has 1 saturated heterocycles. The number of alkyl halides is 3. The smallest absolute Gasteiger partial charge is 0.475 e. The van der Waals surface area contributed by atoms with Crippen LogP contribution in [-0.2, 0) is 10.3 Å². The number of carboxylic acid groups (broad SMARTS) is 1. The Morgan fingerprint density at radius 1 is 1.38 bits per heavy atom. The van der Waals surface area contributed by atoms with Crippen LogP contribution < -0.4 is 16.4 Å². The third kappa shape index (κ3) is 6.14. The Bertz CT molecular complexity index is 1010. The fourth-order valence-electron chi connectivity index (χ4n) is 3.03. The van der Waals surface area contributed by atoms with Crippen molar-refractivity contribution >= 4 is 23.4 Å². The lowest BCUT2D eigenvalue weighted by molar-refractivity contribution is -0.192. The second kappa shape index (κ2) is 10.1. The lowest BCUT2D eigenvalue weighted by atomic mass is 9.86. The van der Waals surface area contributed by atoms with Crippen LogP contribution in [0.1, 0.15) is 29.6 Å². The van der Waals surface area contributed by atoms with Gasteiger partial charge in [-0.05, 0) is 32.0 Å². The number of anilines is 2. The van der Waals surface area contributed by atoms with Crippen molar-refractivity contribution in [1.82, 2.24) is 20.1 Å². The van der Waals surface area contributed by atoms with Crippen LogP contribution in [0, 0.1) is 17.3 Å². The van der Waals surface area contributed by atoms with E-state index < -0.39 is 29.5 Å². The van der Waals surface area contributed by atoms with Gasteiger partial charge in [-0.25, -0.2) is 9.78 Å². The summed E-state index contributed by atoms with van der Waals surface area (Å²) in [6, 6.07) is 4.96. The summed E-state index contributed by atoms with van der Waals surface area (Å²) in [4.78, 5) is 24.2. The minimum Gasteiger partial charge on any atom is -0.475 e. The molecule has 0 aliphatic carbocycles. The van der Waals surface area contributed by atoms with E-state index in [0.717, 1.165) is 13.1 Å². The van der Waals surface area contributed by atoms with Gasteiger partial charge in [0, 0.05) is 24.1 Å². The van der Waals surface area contributed by atoms with Gasteiger partial charge in [0.25, 0.3) is 5.91 Å². The minimum atomic E-state index is -5.08. The van der Waals surface area contributed by atoms with E-state index in [2.05, 4.69) is 26.8 Å². The number of aliphatic carboxylic acids is 1. The number of hydrogen-bond donors (Lipinski definition) is 4. The number of hydrogen-bond acceptors (Lipinski definition) is 7. The normalized spacial score (nSPS) is 15.1. The molecular weight excluding hydrogens is 438 g/mol. The zero-order valence-corrected chi connectivity index (χ0v) is 16.5. The van der Waals surface area contributed by atoms with E-state index in [1.807, 2.05) is 0 Å².